The first-order valence-corrected chi connectivity index (χ1v) is 21.1. The van der Waals surface area contributed by atoms with Crippen LogP contribution in [0.4, 0.5) is 17.6 Å². The van der Waals surface area contributed by atoms with Crippen LogP contribution in [0.2, 0.25) is 0 Å². The zero-order valence-electron chi connectivity index (χ0n) is 34.4. The smallest absolute Gasteiger partial charge is 0.245 e. The zero-order valence-corrected chi connectivity index (χ0v) is 34.4. The molecule has 318 valence electrons. The van der Waals surface area contributed by atoms with Crippen molar-refractivity contribution in [2.45, 2.75) is 122 Å². The molecule has 1 saturated carbocycles. The fourth-order valence-corrected chi connectivity index (χ4v) is 8.94. The van der Waals surface area contributed by atoms with E-state index < -0.39 is 60.0 Å². The highest BCUT2D eigenvalue weighted by molar-refractivity contribution is 5.93. The highest BCUT2D eigenvalue weighted by atomic mass is 19.1. The molecule has 2 saturated heterocycles. The lowest BCUT2D eigenvalue weighted by Gasteiger charge is -2.30. The molecule has 8 atom stereocenters. The fraction of sp³-hybridized carbons (Fsp3) is 0.568. The number of amides is 3. The normalized spacial score (nSPS) is 22.9. The monoisotopic (exact) mass is 821 g/mol. The standard InChI is InChI=1S/C44H55F4N7O4/c1-6-23(3)42(57)52-35(7-2)44(59)54-21-29(48)15-31(54)22-55-38-13-11-27(46)17-37(38)51-41(55)40-34(32-12-10-26(45)16-36(32)50-40)18-30-14-28(47)20-53(30)43(58)33(25-8-9-25)19-39(56)24(4)49-5/h10-13,16-17,23-25,28-31,33,35,49-50H,6-9,14-15,18-22H2,1-5H3,(H,52,57). The quantitative estimate of drug-likeness (QED) is 0.112. The van der Waals surface area contributed by atoms with E-state index in [0.717, 1.165) is 12.8 Å². The van der Waals surface area contributed by atoms with E-state index in [1.807, 2.05) is 6.92 Å². The van der Waals surface area contributed by atoms with Gasteiger partial charge in [0, 0.05) is 60.7 Å². The largest absolute Gasteiger partial charge is 0.352 e. The van der Waals surface area contributed by atoms with Crippen LogP contribution in [0.5, 0.6) is 0 Å². The molecule has 3 fully saturated rings. The number of hydrogen-bond acceptors (Lipinski definition) is 6. The predicted molar refractivity (Wildman–Crippen MR) is 217 cm³/mol. The highest BCUT2D eigenvalue weighted by Crippen LogP contribution is 2.42. The molecule has 3 aliphatic rings. The van der Waals surface area contributed by atoms with Gasteiger partial charge in [-0.25, -0.2) is 22.5 Å². The minimum atomic E-state index is -1.33. The molecule has 2 aliphatic heterocycles. The molecule has 4 aromatic rings. The van der Waals surface area contributed by atoms with Crippen molar-refractivity contribution in [2.24, 2.45) is 17.8 Å². The number of alkyl halides is 2. The number of hydrogen-bond donors (Lipinski definition) is 3. The van der Waals surface area contributed by atoms with Gasteiger partial charge in [0.15, 0.2) is 5.82 Å². The summed E-state index contributed by atoms with van der Waals surface area (Å²) in [6.07, 6.45) is 0.222. The Bertz CT molecular complexity index is 2220. The molecule has 3 N–H and O–H groups in total. The average molecular weight is 822 g/mol. The number of nitrogens with zero attached hydrogens (tertiary/aromatic N) is 4. The third kappa shape index (κ3) is 8.76. The van der Waals surface area contributed by atoms with Crippen molar-refractivity contribution < 1.29 is 36.7 Å². The molecular formula is C44H55F4N7O4. The molecule has 8 unspecified atom stereocenters. The minimum Gasteiger partial charge on any atom is -0.352 e. The van der Waals surface area contributed by atoms with Crippen LogP contribution in [0.25, 0.3) is 33.5 Å². The third-order valence-electron chi connectivity index (χ3n) is 12.9. The number of carbonyl (C=O) groups excluding carboxylic acids is 4. The summed E-state index contributed by atoms with van der Waals surface area (Å²) in [7, 11) is 1.69. The van der Waals surface area contributed by atoms with Gasteiger partial charge >= 0.3 is 0 Å². The van der Waals surface area contributed by atoms with Crippen molar-refractivity contribution in [1.82, 2.24) is 35.0 Å². The number of rotatable bonds is 16. The summed E-state index contributed by atoms with van der Waals surface area (Å²) in [5.74, 6) is -2.50. The second-order valence-corrected chi connectivity index (χ2v) is 16.9. The number of ketones is 1. The maximum absolute atomic E-state index is 15.5. The molecule has 2 aromatic heterocycles. The maximum atomic E-state index is 15.5. The van der Waals surface area contributed by atoms with Crippen molar-refractivity contribution in [1.29, 1.82) is 0 Å². The lowest BCUT2D eigenvalue weighted by atomic mass is 9.92. The van der Waals surface area contributed by atoms with Crippen LogP contribution in [-0.2, 0) is 32.1 Å². The number of carbonyl (C=O) groups is 4. The molecule has 11 nitrogen and oxygen atoms in total. The topological polar surface area (TPSA) is 132 Å². The number of aromatic nitrogens is 3. The Balaban J connectivity index is 1.26. The van der Waals surface area contributed by atoms with E-state index in [2.05, 4.69) is 15.6 Å². The third-order valence-corrected chi connectivity index (χ3v) is 12.9. The van der Waals surface area contributed by atoms with Gasteiger partial charge in [-0.15, -0.1) is 0 Å². The Morgan fingerprint density at radius 1 is 0.898 bits per heavy atom. The number of likely N-dealkylation sites (tertiary alicyclic amines) is 2. The van der Waals surface area contributed by atoms with E-state index in [1.165, 1.54) is 29.2 Å². The van der Waals surface area contributed by atoms with Gasteiger partial charge in [-0.1, -0.05) is 20.8 Å². The number of Topliss-reactive ketones (excluding diaryl/α,β-unsaturated/α-hetero) is 1. The van der Waals surface area contributed by atoms with Crippen molar-refractivity contribution in [3.8, 4) is 11.5 Å². The zero-order chi connectivity index (χ0) is 42.3. The van der Waals surface area contributed by atoms with Gasteiger partial charge in [-0.2, -0.15) is 0 Å². The lowest BCUT2D eigenvalue weighted by Crippen LogP contribution is -2.51. The first kappa shape index (κ1) is 42.3. The summed E-state index contributed by atoms with van der Waals surface area (Å²) in [5.41, 5.74) is 2.31. The van der Waals surface area contributed by atoms with Gasteiger partial charge in [0.2, 0.25) is 17.7 Å². The van der Waals surface area contributed by atoms with Gasteiger partial charge in [0.05, 0.1) is 41.9 Å². The van der Waals surface area contributed by atoms with Crippen molar-refractivity contribution in [3.05, 3.63) is 53.6 Å². The molecule has 0 bridgehead atoms. The van der Waals surface area contributed by atoms with Crippen molar-refractivity contribution >= 4 is 45.4 Å². The molecule has 3 amide bonds. The second kappa shape index (κ2) is 17.4. The van der Waals surface area contributed by atoms with Gasteiger partial charge in [-0.05, 0) is 87.9 Å². The van der Waals surface area contributed by atoms with Crippen LogP contribution in [0.3, 0.4) is 0 Å². The Hall–Kier alpha value is -4.79. The summed E-state index contributed by atoms with van der Waals surface area (Å²) in [6, 6.07) is 5.88. The first-order valence-electron chi connectivity index (χ1n) is 21.1. The van der Waals surface area contributed by atoms with Crippen LogP contribution in [0.15, 0.2) is 36.4 Å². The summed E-state index contributed by atoms with van der Waals surface area (Å²) in [5, 5.41) is 6.42. The molecule has 59 heavy (non-hydrogen) atoms. The average Bonchev–Trinajstić information content (AvgIpc) is 3.58. The van der Waals surface area contributed by atoms with Gasteiger partial charge in [-0.3, -0.25) is 19.2 Å². The minimum absolute atomic E-state index is 0.0152. The molecule has 1 aliphatic carbocycles. The number of nitrogens with one attached hydrogen (secondary N) is 3. The van der Waals surface area contributed by atoms with E-state index in [0.29, 0.717) is 51.9 Å². The van der Waals surface area contributed by atoms with E-state index in [-0.39, 0.29) is 74.8 Å². The van der Waals surface area contributed by atoms with Crippen LogP contribution in [0, 0.1) is 29.4 Å². The second-order valence-electron chi connectivity index (χ2n) is 16.9. The van der Waals surface area contributed by atoms with E-state index in [4.69, 9.17) is 4.98 Å². The van der Waals surface area contributed by atoms with Crippen molar-refractivity contribution in [2.75, 3.05) is 20.1 Å². The van der Waals surface area contributed by atoms with Crippen LogP contribution in [0.1, 0.15) is 78.2 Å². The fourth-order valence-electron chi connectivity index (χ4n) is 8.94. The summed E-state index contributed by atoms with van der Waals surface area (Å²) in [6.45, 7) is 6.99. The number of H-pyrrole nitrogens is 1. The number of imidazole rings is 1. The van der Waals surface area contributed by atoms with Gasteiger partial charge < -0.3 is 30.0 Å². The molecule has 2 aromatic carbocycles. The molecule has 4 heterocycles. The van der Waals surface area contributed by atoms with E-state index >= 15 is 8.78 Å². The number of likely N-dealkylation sites (N-methyl/N-ethyl adjacent to an activating group) is 1. The Morgan fingerprint density at radius 3 is 2.22 bits per heavy atom. The van der Waals surface area contributed by atoms with Crippen LogP contribution < -0.4 is 10.6 Å². The number of aromatic amines is 1. The molecule has 15 heteroatoms. The highest BCUT2D eigenvalue weighted by Gasteiger charge is 2.45. The SMILES string of the molecule is CCC(C)C(=O)NC(CC)C(=O)N1CC(F)CC1Cn1c(-c2[nH]c3cc(F)ccc3c2CC2CC(F)CN2C(=O)C(CC(=O)C(C)NC)C2CC2)nc2cc(F)ccc21. The summed E-state index contributed by atoms with van der Waals surface area (Å²) in [4.78, 5) is 65.4. The Morgan fingerprint density at radius 2 is 1.56 bits per heavy atom. The Labute approximate surface area is 341 Å². The van der Waals surface area contributed by atoms with Gasteiger partial charge in [0.25, 0.3) is 0 Å². The molecule has 0 radical (unpaired) electrons. The summed E-state index contributed by atoms with van der Waals surface area (Å²) < 4.78 is 62.2. The summed E-state index contributed by atoms with van der Waals surface area (Å²) >= 11 is 0. The first-order chi connectivity index (χ1) is 28.2. The van der Waals surface area contributed by atoms with E-state index in [9.17, 15) is 28.0 Å². The Kier molecular flexibility index (Phi) is 12.5. The maximum Gasteiger partial charge on any atom is 0.245 e. The van der Waals surface area contributed by atoms with Crippen molar-refractivity contribution in [3.63, 3.8) is 0 Å². The lowest BCUT2D eigenvalue weighted by molar-refractivity contribution is -0.140. The van der Waals surface area contributed by atoms with Crippen LogP contribution in [-0.4, -0.2) is 104 Å². The number of halogens is 4. The molecule has 0 spiro atoms. The van der Waals surface area contributed by atoms with E-state index in [1.54, 1.807) is 49.4 Å². The molecular weight excluding hydrogens is 767 g/mol. The van der Waals surface area contributed by atoms with Gasteiger partial charge in [0.1, 0.15) is 35.8 Å². The van der Waals surface area contributed by atoms with Crippen LogP contribution >= 0.6 is 0 Å². The number of fused-ring (bicyclic) bond motifs is 2. The predicted octanol–water partition coefficient (Wildman–Crippen LogP) is 6.42. The molecule has 7 rings (SSSR count). The number of benzene rings is 2.